The van der Waals surface area contributed by atoms with E-state index in [9.17, 15) is 0 Å². The molecule has 0 aromatic heterocycles. The summed E-state index contributed by atoms with van der Waals surface area (Å²) in [5, 5.41) is 0. The van der Waals surface area contributed by atoms with Crippen molar-refractivity contribution < 1.29 is 37.5 Å². The van der Waals surface area contributed by atoms with Gasteiger partial charge in [0.1, 0.15) is 0 Å². The second-order valence-electron chi connectivity index (χ2n) is 5.20. The van der Waals surface area contributed by atoms with Crippen LogP contribution in [0, 0.1) is 63.5 Å². The summed E-state index contributed by atoms with van der Waals surface area (Å²) in [5.41, 5.74) is 0. The van der Waals surface area contributed by atoms with Crippen LogP contribution < -0.4 is 0 Å². The first-order valence-corrected chi connectivity index (χ1v) is 14.3. The van der Waals surface area contributed by atoms with Crippen molar-refractivity contribution in [2.24, 2.45) is 0 Å². The number of benzene rings is 1. The zero-order valence-electron chi connectivity index (χ0n) is 15.0. The predicted octanol–water partition coefficient (Wildman–Crippen LogP) is 7.42. The Morgan fingerprint density at radius 3 is 0.654 bits per heavy atom. The fraction of sp³-hybridized carbons (Fsp3) is 0.364. The van der Waals surface area contributed by atoms with Crippen LogP contribution in [0.1, 0.15) is 51.4 Å². The van der Waals surface area contributed by atoms with Gasteiger partial charge in [0.25, 0.3) is 0 Å². The molecule has 8 radical (unpaired) electrons. The summed E-state index contributed by atoms with van der Waals surface area (Å²) in [6.07, 6.45) is 28.0. The monoisotopic (exact) mass is 752 g/mol. The molecule has 1 aromatic rings. The number of hydrogen-bond acceptors (Lipinski definition) is 0. The van der Waals surface area contributed by atoms with E-state index >= 15 is 0 Å². The van der Waals surface area contributed by atoms with Crippen LogP contribution in [-0.2, 0) is 37.5 Å². The molecule has 4 heteroatoms. The minimum Gasteiger partial charge on any atom is -0.319 e. The van der Waals surface area contributed by atoms with E-state index in [0.717, 1.165) is 0 Å². The molecule has 0 amide bonds. The van der Waals surface area contributed by atoms with Crippen molar-refractivity contribution in [3.8, 4) is 0 Å². The normalized spacial score (nSPS) is 17.2. The van der Waals surface area contributed by atoms with Crippen LogP contribution in [0.25, 0.3) is 0 Å². The molecule has 26 heavy (non-hydrogen) atoms. The Morgan fingerprint density at radius 1 is 0.385 bits per heavy atom. The van der Waals surface area contributed by atoms with Gasteiger partial charge in [0.2, 0.25) is 0 Å². The zero-order valence-corrected chi connectivity index (χ0v) is 21.0. The Balaban J connectivity index is 0. The van der Waals surface area contributed by atoms with Crippen LogP contribution in [0.3, 0.4) is 0 Å². The second kappa shape index (κ2) is 30.9. The molecule has 0 spiro atoms. The summed E-state index contributed by atoms with van der Waals surface area (Å²) >= 11 is 3.22. The summed E-state index contributed by atoms with van der Waals surface area (Å²) in [5.74, 6) is 0. The van der Waals surface area contributed by atoms with E-state index in [-0.39, 0.29) is 0 Å². The summed E-state index contributed by atoms with van der Waals surface area (Å²) in [6.45, 7) is 0. The minimum absolute atomic E-state index is 1.23. The van der Waals surface area contributed by atoms with Crippen molar-refractivity contribution in [3.05, 3.63) is 87.8 Å². The van der Waals surface area contributed by atoms with Crippen LogP contribution in [0.2, 0.25) is 0 Å². The third-order valence-electron chi connectivity index (χ3n) is 3.22. The van der Waals surface area contributed by atoms with Crippen LogP contribution in [0.4, 0.5) is 0 Å². The Bertz CT molecular complexity index is 220. The first-order valence-electron chi connectivity index (χ1n) is 8.66. The second-order valence-corrected chi connectivity index (χ2v) is 5.20. The predicted molar refractivity (Wildman–Crippen MR) is 107 cm³/mol. The van der Waals surface area contributed by atoms with Crippen molar-refractivity contribution >= 4 is 18.8 Å². The molecular formula is C22H28Cl2Pt2. The molecule has 0 heterocycles. The molecule has 3 rings (SSSR count). The fourth-order valence-corrected chi connectivity index (χ4v) is 2.02. The molecule has 0 saturated heterocycles. The van der Waals surface area contributed by atoms with Crippen LogP contribution >= 0.6 is 18.8 Å². The maximum absolute atomic E-state index is 4.61. The topological polar surface area (TPSA) is 0 Å². The molecule has 0 aliphatic heterocycles. The van der Waals surface area contributed by atoms with E-state index in [1.807, 2.05) is 24.3 Å². The van der Waals surface area contributed by atoms with E-state index in [4.69, 9.17) is 0 Å². The Morgan fingerprint density at radius 2 is 0.538 bits per heavy atom. The third kappa shape index (κ3) is 27.4. The van der Waals surface area contributed by atoms with Crippen molar-refractivity contribution in [1.29, 1.82) is 0 Å². The number of hydrogen-bond donors (Lipinski definition) is 0. The number of rotatable bonds is 0. The minimum atomic E-state index is 1.23. The SMILES string of the molecule is [CH]1[CH]CC[CH][CH]CC1.[CH]1[CH]CC[CH][CH]CC1.[Cl][Pt+].[Cl][Pt+].[c-]1cc[c-]cc1. The van der Waals surface area contributed by atoms with Gasteiger partial charge in [-0.2, -0.15) is 0 Å². The fourth-order valence-electron chi connectivity index (χ4n) is 2.02. The Kier molecular flexibility index (Phi) is 34.9. The molecule has 2 fully saturated rings. The van der Waals surface area contributed by atoms with E-state index in [1.54, 1.807) is 37.5 Å². The average Bonchev–Trinajstić information content (AvgIpc) is 2.66. The van der Waals surface area contributed by atoms with Crippen LogP contribution in [0.5, 0.6) is 0 Å². The first-order chi connectivity index (χ1) is 13.0. The standard InChI is InChI=1S/2C8H12.C6H4.2ClH.2Pt/c2*1-2-4-6-8-7-5-3-1;1-2-4-6-5-3-1;;;;/h2*1-2,7-8H,3-6H2;1-2,5-6H;2*1H;;/q;;-2;;;2*+2/p-2. The van der Waals surface area contributed by atoms with Gasteiger partial charge in [0.15, 0.2) is 0 Å². The van der Waals surface area contributed by atoms with E-state index in [1.165, 1.54) is 51.4 Å². The Labute approximate surface area is 194 Å². The molecule has 0 bridgehead atoms. The molecule has 2 saturated carbocycles. The molecular weight excluding hydrogens is 725 g/mol. The molecule has 2 aliphatic rings. The van der Waals surface area contributed by atoms with E-state index in [2.05, 4.69) is 82.3 Å². The quantitative estimate of drug-likeness (QED) is 0.242. The van der Waals surface area contributed by atoms with Gasteiger partial charge in [-0.3, -0.25) is 24.3 Å². The van der Waals surface area contributed by atoms with Crippen molar-refractivity contribution in [1.82, 2.24) is 0 Å². The zero-order chi connectivity index (χ0) is 19.6. The first kappa shape index (κ1) is 29.4. The van der Waals surface area contributed by atoms with Crippen molar-refractivity contribution in [3.63, 3.8) is 0 Å². The van der Waals surface area contributed by atoms with Gasteiger partial charge in [0.05, 0.1) is 0 Å². The average molecular weight is 754 g/mol. The summed E-state index contributed by atoms with van der Waals surface area (Å²) in [4.78, 5) is 0. The molecule has 0 nitrogen and oxygen atoms in total. The maximum Gasteiger partial charge on any atom is -0.288 e. The van der Waals surface area contributed by atoms with E-state index < -0.39 is 0 Å². The van der Waals surface area contributed by atoms with Crippen molar-refractivity contribution in [2.45, 2.75) is 51.4 Å². The molecule has 0 N–H and O–H groups in total. The molecule has 150 valence electrons. The molecule has 0 unspecified atom stereocenters. The Hall–Kier alpha value is 1.18. The molecule has 2 aliphatic carbocycles. The summed E-state index contributed by atoms with van der Waals surface area (Å²) in [6, 6.07) is 13.0. The number of halogens is 2. The molecule has 1 aromatic carbocycles. The van der Waals surface area contributed by atoms with Gasteiger partial charge in [0, 0.05) is 0 Å². The van der Waals surface area contributed by atoms with Crippen LogP contribution in [0.15, 0.2) is 24.3 Å². The smallest absolute Gasteiger partial charge is 0.288 e. The van der Waals surface area contributed by atoms with Gasteiger partial charge in [-0.15, -0.1) is 0 Å². The maximum atomic E-state index is 4.61. The third-order valence-corrected chi connectivity index (χ3v) is 3.22. The van der Waals surface area contributed by atoms with Gasteiger partial charge >= 0.3 is 56.4 Å². The molecule has 0 atom stereocenters. The van der Waals surface area contributed by atoms with E-state index in [0.29, 0.717) is 0 Å². The summed E-state index contributed by atoms with van der Waals surface area (Å²) in [7, 11) is 9.22. The van der Waals surface area contributed by atoms with Gasteiger partial charge in [-0.05, 0) is 103 Å². The van der Waals surface area contributed by atoms with Gasteiger partial charge < -0.3 is 12.1 Å². The van der Waals surface area contributed by atoms with Gasteiger partial charge in [-0.1, -0.05) is 0 Å². The summed E-state index contributed by atoms with van der Waals surface area (Å²) < 4.78 is 0. The largest absolute Gasteiger partial charge is 0.319 e. The van der Waals surface area contributed by atoms with Crippen molar-refractivity contribution in [2.75, 3.05) is 0 Å². The van der Waals surface area contributed by atoms with Gasteiger partial charge in [-0.25, -0.2) is 0 Å². The van der Waals surface area contributed by atoms with Crippen LogP contribution in [-0.4, -0.2) is 0 Å².